The van der Waals surface area contributed by atoms with Gasteiger partial charge in [0.25, 0.3) is 0 Å². The molecule has 0 radical (unpaired) electrons. The highest BCUT2D eigenvalue weighted by atomic mass is 19.1. The first kappa shape index (κ1) is 16.1. The van der Waals surface area contributed by atoms with Gasteiger partial charge in [0.2, 0.25) is 11.9 Å². The van der Waals surface area contributed by atoms with Gasteiger partial charge in [0.15, 0.2) is 11.6 Å². The lowest BCUT2D eigenvalue weighted by molar-refractivity contribution is -0.122. The average molecular weight is 283 g/mol. The van der Waals surface area contributed by atoms with Gasteiger partial charge in [0.05, 0.1) is 6.20 Å². The lowest BCUT2D eigenvalue weighted by Gasteiger charge is -2.20. The van der Waals surface area contributed by atoms with E-state index in [0.29, 0.717) is 19.0 Å². The number of rotatable bonds is 6. The zero-order valence-electron chi connectivity index (χ0n) is 12.4. The third-order valence-electron chi connectivity index (χ3n) is 2.24. The monoisotopic (exact) mass is 283 g/mol. The quantitative estimate of drug-likeness (QED) is 0.741. The van der Waals surface area contributed by atoms with Crippen molar-refractivity contribution in [1.29, 1.82) is 0 Å². The molecule has 0 atom stereocenters. The minimum Gasteiger partial charge on any atom is -0.367 e. The van der Waals surface area contributed by atoms with E-state index in [-0.39, 0.29) is 23.7 Å². The van der Waals surface area contributed by atoms with Crippen molar-refractivity contribution in [3.8, 4) is 0 Å². The number of aromatic nitrogens is 2. The zero-order valence-corrected chi connectivity index (χ0v) is 12.4. The van der Waals surface area contributed by atoms with E-state index in [9.17, 15) is 9.18 Å². The number of anilines is 2. The number of carbonyl (C=O) groups excluding carboxylic acids is 1. The summed E-state index contributed by atoms with van der Waals surface area (Å²) in [5, 5.41) is 8.53. The van der Waals surface area contributed by atoms with Gasteiger partial charge in [-0.15, -0.1) is 0 Å². The molecule has 1 rings (SSSR count). The number of amides is 1. The standard InChI is InChI=1S/C13H22FN5O/c1-5-15-12-17-8-9(14)11(18-12)16-7-6-10(20)19-13(2,3)4/h8H,5-7H2,1-4H3,(H,19,20)(H2,15,16,17,18). The summed E-state index contributed by atoms with van der Waals surface area (Å²) in [4.78, 5) is 19.4. The zero-order chi connectivity index (χ0) is 15.2. The van der Waals surface area contributed by atoms with Crippen LogP contribution in [0.5, 0.6) is 0 Å². The van der Waals surface area contributed by atoms with Crippen molar-refractivity contribution in [2.45, 2.75) is 39.7 Å². The van der Waals surface area contributed by atoms with Gasteiger partial charge in [-0.25, -0.2) is 9.37 Å². The molecule has 1 amide bonds. The highest BCUT2D eigenvalue weighted by Crippen LogP contribution is 2.11. The molecule has 20 heavy (non-hydrogen) atoms. The van der Waals surface area contributed by atoms with Crippen LogP contribution in [0.3, 0.4) is 0 Å². The largest absolute Gasteiger partial charge is 0.367 e. The van der Waals surface area contributed by atoms with Crippen LogP contribution in [0.2, 0.25) is 0 Å². The van der Waals surface area contributed by atoms with E-state index in [4.69, 9.17) is 0 Å². The molecule has 0 aliphatic rings. The van der Waals surface area contributed by atoms with Crippen molar-refractivity contribution in [2.24, 2.45) is 0 Å². The molecule has 0 fully saturated rings. The van der Waals surface area contributed by atoms with Gasteiger partial charge in [0, 0.05) is 25.0 Å². The number of nitrogens with zero attached hydrogens (tertiary/aromatic N) is 2. The number of nitrogens with one attached hydrogen (secondary N) is 3. The van der Waals surface area contributed by atoms with Gasteiger partial charge in [-0.3, -0.25) is 4.79 Å². The Morgan fingerprint density at radius 1 is 1.35 bits per heavy atom. The fourth-order valence-corrected chi connectivity index (χ4v) is 1.51. The van der Waals surface area contributed by atoms with E-state index < -0.39 is 5.82 Å². The number of hydrogen-bond donors (Lipinski definition) is 3. The van der Waals surface area contributed by atoms with Crippen molar-refractivity contribution in [2.75, 3.05) is 23.7 Å². The molecule has 7 heteroatoms. The van der Waals surface area contributed by atoms with Crippen LogP contribution in [0.15, 0.2) is 6.20 Å². The van der Waals surface area contributed by atoms with Crippen LogP contribution >= 0.6 is 0 Å². The van der Waals surface area contributed by atoms with Crippen LogP contribution in [-0.4, -0.2) is 34.5 Å². The highest BCUT2D eigenvalue weighted by molar-refractivity contribution is 5.77. The molecule has 0 saturated carbocycles. The molecular weight excluding hydrogens is 261 g/mol. The summed E-state index contributed by atoms with van der Waals surface area (Å²) < 4.78 is 13.5. The lowest BCUT2D eigenvalue weighted by atomic mass is 10.1. The van der Waals surface area contributed by atoms with Gasteiger partial charge in [0.1, 0.15) is 0 Å². The van der Waals surface area contributed by atoms with E-state index in [1.165, 1.54) is 0 Å². The minimum atomic E-state index is -0.539. The van der Waals surface area contributed by atoms with Crippen molar-refractivity contribution in [1.82, 2.24) is 15.3 Å². The van der Waals surface area contributed by atoms with E-state index in [0.717, 1.165) is 6.20 Å². The van der Waals surface area contributed by atoms with E-state index in [1.54, 1.807) is 0 Å². The molecule has 0 spiro atoms. The lowest BCUT2D eigenvalue weighted by Crippen LogP contribution is -2.41. The van der Waals surface area contributed by atoms with Crippen molar-refractivity contribution < 1.29 is 9.18 Å². The Labute approximate surface area is 118 Å². The second kappa shape index (κ2) is 7.02. The topological polar surface area (TPSA) is 78.9 Å². The first-order valence-electron chi connectivity index (χ1n) is 6.63. The Hall–Kier alpha value is -1.92. The molecule has 0 unspecified atom stereocenters. The highest BCUT2D eigenvalue weighted by Gasteiger charge is 2.13. The molecule has 1 heterocycles. The molecule has 0 aliphatic carbocycles. The van der Waals surface area contributed by atoms with Crippen molar-refractivity contribution >= 4 is 17.7 Å². The molecular formula is C13H22FN5O. The molecule has 1 aromatic heterocycles. The third kappa shape index (κ3) is 5.81. The summed E-state index contributed by atoms with van der Waals surface area (Å²) in [7, 11) is 0. The van der Waals surface area contributed by atoms with Gasteiger partial charge in [-0.1, -0.05) is 0 Å². The van der Waals surface area contributed by atoms with Crippen LogP contribution < -0.4 is 16.0 Å². The molecule has 0 saturated heterocycles. The summed E-state index contributed by atoms with van der Waals surface area (Å²) in [6.07, 6.45) is 1.35. The maximum atomic E-state index is 13.5. The van der Waals surface area contributed by atoms with Crippen molar-refractivity contribution in [3.63, 3.8) is 0 Å². The Morgan fingerprint density at radius 3 is 2.65 bits per heavy atom. The maximum Gasteiger partial charge on any atom is 0.224 e. The van der Waals surface area contributed by atoms with Gasteiger partial charge in [-0.2, -0.15) is 4.98 Å². The van der Waals surface area contributed by atoms with Crippen LogP contribution in [0.1, 0.15) is 34.1 Å². The van der Waals surface area contributed by atoms with Crippen LogP contribution in [0.25, 0.3) is 0 Å². The first-order chi connectivity index (χ1) is 9.31. The average Bonchev–Trinajstić information content (AvgIpc) is 2.31. The summed E-state index contributed by atoms with van der Waals surface area (Å²) >= 11 is 0. The van der Waals surface area contributed by atoms with E-state index in [2.05, 4.69) is 25.9 Å². The summed E-state index contributed by atoms with van der Waals surface area (Å²) in [5.74, 6) is -0.177. The smallest absolute Gasteiger partial charge is 0.224 e. The van der Waals surface area contributed by atoms with Crippen molar-refractivity contribution in [3.05, 3.63) is 12.0 Å². The Bertz CT molecular complexity index is 459. The molecule has 0 aromatic carbocycles. The second-order valence-corrected chi connectivity index (χ2v) is 5.40. The Morgan fingerprint density at radius 2 is 2.05 bits per heavy atom. The number of halogens is 1. The Kier molecular flexibility index (Phi) is 5.66. The van der Waals surface area contributed by atoms with Gasteiger partial charge >= 0.3 is 0 Å². The van der Waals surface area contributed by atoms with Gasteiger partial charge in [-0.05, 0) is 27.7 Å². The minimum absolute atomic E-state index is 0.0913. The molecule has 0 bridgehead atoms. The number of hydrogen-bond acceptors (Lipinski definition) is 5. The maximum absolute atomic E-state index is 13.5. The molecule has 1 aromatic rings. The summed E-state index contributed by atoms with van der Waals surface area (Å²) in [6, 6.07) is 0. The van der Waals surface area contributed by atoms with Crippen LogP contribution in [0.4, 0.5) is 16.2 Å². The van der Waals surface area contributed by atoms with Crippen LogP contribution in [-0.2, 0) is 4.79 Å². The van der Waals surface area contributed by atoms with E-state index in [1.807, 2.05) is 27.7 Å². The SMILES string of the molecule is CCNc1ncc(F)c(NCCC(=O)NC(C)(C)C)n1. The second-order valence-electron chi connectivity index (χ2n) is 5.40. The summed E-state index contributed by atoms with van der Waals surface area (Å²) in [5.41, 5.74) is -0.268. The molecule has 0 aliphatic heterocycles. The summed E-state index contributed by atoms with van der Waals surface area (Å²) in [6.45, 7) is 8.58. The third-order valence-corrected chi connectivity index (χ3v) is 2.24. The van der Waals surface area contributed by atoms with Crippen LogP contribution in [0, 0.1) is 5.82 Å². The normalized spacial score (nSPS) is 11.1. The molecule has 3 N–H and O–H groups in total. The van der Waals surface area contributed by atoms with E-state index >= 15 is 0 Å². The number of carbonyl (C=O) groups is 1. The fraction of sp³-hybridized carbons (Fsp3) is 0.615. The fourth-order valence-electron chi connectivity index (χ4n) is 1.51. The predicted octanol–water partition coefficient (Wildman–Crippen LogP) is 1.76. The first-order valence-corrected chi connectivity index (χ1v) is 6.63. The Balaban J connectivity index is 2.49. The van der Waals surface area contributed by atoms with Gasteiger partial charge < -0.3 is 16.0 Å². The predicted molar refractivity (Wildman–Crippen MR) is 77.2 cm³/mol. The molecule has 6 nitrogen and oxygen atoms in total. The molecule has 112 valence electrons.